The van der Waals surface area contributed by atoms with Gasteiger partial charge in [0.15, 0.2) is 11.2 Å². The van der Waals surface area contributed by atoms with Crippen molar-refractivity contribution >= 4 is 23.0 Å². The van der Waals surface area contributed by atoms with Crippen LogP contribution in [-0.2, 0) is 5.75 Å². The molecule has 0 saturated heterocycles. The van der Waals surface area contributed by atoms with Crippen molar-refractivity contribution < 1.29 is 8.83 Å². The molecule has 0 radical (unpaired) electrons. The van der Waals surface area contributed by atoms with Crippen molar-refractivity contribution in [1.29, 1.82) is 0 Å². The molecule has 1 aromatic carbocycles. The predicted molar refractivity (Wildman–Crippen MR) is 92.8 cm³/mol. The van der Waals surface area contributed by atoms with Crippen LogP contribution in [-0.4, -0.2) is 15.0 Å². The number of fused-ring (bicyclic) bond motifs is 1. The number of aromatic nitrogens is 3. The van der Waals surface area contributed by atoms with E-state index in [1.54, 1.807) is 6.20 Å². The minimum absolute atomic E-state index is 0.587. The molecule has 4 rings (SSSR count). The van der Waals surface area contributed by atoms with E-state index in [9.17, 15) is 0 Å². The average molecular weight is 337 g/mol. The van der Waals surface area contributed by atoms with Crippen LogP contribution in [0.15, 0.2) is 56.7 Å². The van der Waals surface area contributed by atoms with E-state index in [-0.39, 0.29) is 0 Å². The van der Waals surface area contributed by atoms with Crippen LogP contribution in [0.2, 0.25) is 0 Å². The van der Waals surface area contributed by atoms with E-state index in [4.69, 9.17) is 8.83 Å². The van der Waals surface area contributed by atoms with E-state index in [2.05, 4.69) is 27.9 Å². The monoisotopic (exact) mass is 337 g/mol. The van der Waals surface area contributed by atoms with Crippen LogP contribution >= 0.6 is 11.8 Å². The number of oxazole rings is 2. The molecule has 24 heavy (non-hydrogen) atoms. The first-order chi connectivity index (χ1) is 11.7. The van der Waals surface area contributed by atoms with Gasteiger partial charge < -0.3 is 8.83 Å². The second-order valence-electron chi connectivity index (χ2n) is 5.43. The normalized spacial score (nSPS) is 11.2. The molecule has 0 amide bonds. The Morgan fingerprint density at radius 1 is 1.00 bits per heavy atom. The molecule has 0 unspecified atom stereocenters. The van der Waals surface area contributed by atoms with Crippen molar-refractivity contribution in [2.45, 2.75) is 24.8 Å². The highest BCUT2D eigenvalue weighted by atomic mass is 32.2. The Hall–Kier alpha value is -2.60. The number of benzene rings is 1. The Morgan fingerprint density at radius 2 is 1.88 bits per heavy atom. The van der Waals surface area contributed by atoms with E-state index in [1.807, 2.05) is 37.3 Å². The Morgan fingerprint density at radius 3 is 2.71 bits per heavy atom. The molecule has 4 aromatic rings. The van der Waals surface area contributed by atoms with Crippen LogP contribution in [0, 0.1) is 13.8 Å². The van der Waals surface area contributed by atoms with Crippen molar-refractivity contribution in [2.24, 2.45) is 0 Å². The smallest absolute Gasteiger partial charge is 0.258 e. The van der Waals surface area contributed by atoms with Gasteiger partial charge in [0.1, 0.15) is 5.76 Å². The Bertz CT molecular complexity index is 973. The summed E-state index contributed by atoms with van der Waals surface area (Å²) in [7, 11) is 0. The molecule has 0 saturated carbocycles. The van der Waals surface area contributed by atoms with Gasteiger partial charge in [0, 0.05) is 17.5 Å². The summed E-state index contributed by atoms with van der Waals surface area (Å²) in [6.07, 6.45) is 1.70. The van der Waals surface area contributed by atoms with Crippen molar-refractivity contribution in [3.05, 3.63) is 59.6 Å². The predicted octanol–water partition coefficient (Wildman–Crippen LogP) is 4.79. The number of aryl methyl sites for hydroxylation is 2. The molecular formula is C18H15N3O2S. The summed E-state index contributed by atoms with van der Waals surface area (Å²) in [6, 6.07) is 11.8. The third-order valence-electron chi connectivity index (χ3n) is 3.75. The summed E-state index contributed by atoms with van der Waals surface area (Å²) < 4.78 is 11.5. The Kier molecular flexibility index (Phi) is 3.82. The fraction of sp³-hybridized carbons (Fsp3) is 0.167. The SMILES string of the molecule is Cc1ccccc1-c1nc(CSc2nc3ncccc3o2)c(C)o1. The molecule has 0 bridgehead atoms. The average Bonchev–Trinajstić information content (AvgIpc) is 3.16. The lowest BCUT2D eigenvalue weighted by molar-refractivity contribution is 0.489. The summed E-state index contributed by atoms with van der Waals surface area (Å²) in [6.45, 7) is 3.98. The Balaban J connectivity index is 1.56. The molecule has 0 atom stereocenters. The lowest BCUT2D eigenvalue weighted by Crippen LogP contribution is -1.86. The summed E-state index contributed by atoms with van der Waals surface area (Å²) in [5.74, 6) is 2.10. The zero-order chi connectivity index (χ0) is 16.5. The molecule has 0 spiro atoms. The summed E-state index contributed by atoms with van der Waals surface area (Å²) in [5.41, 5.74) is 4.37. The maximum atomic E-state index is 5.84. The first kappa shape index (κ1) is 15.0. The largest absolute Gasteiger partial charge is 0.441 e. The van der Waals surface area contributed by atoms with Gasteiger partial charge in [0.25, 0.3) is 5.22 Å². The zero-order valence-electron chi connectivity index (χ0n) is 13.3. The van der Waals surface area contributed by atoms with Crippen LogP contribution in [0.5, 0.6) is 0 Å². The fourth-order valence-corrected chi connectivity index (χ4v) is 3.26. The highest BCUT2D eigenvalue weighted by Crippen LogP contribution is 2.29. The van der Waals surface area contributed by atoms with Gasteiger partial charge in [-0.3, -0.25) is 0 Å². The van der Waals surface area contributed by atoms with Gasteiger partial charge in [-0.15, -0.1) is 0 Å². The highest BCUT2D eigenvalue weighted by Gasteiger charge is 2.15. The van der Waals surface area contributed by atoms with E-state index < -0.39 is 0 Å². The third-order valence-corrected chi connectivity index (χ3v) is 4.59. The van der Waals surface area contributed by atoms with E-state index >= 15 is 0 Å². The van der Waals surface area contributed by atoms with Gasteiger partial charge in [-0.05, 0) is 37.6 Å². The standard InChI is InChI=1S/C18H15N3O2S/c1-11-6-3-4-7-13(11)17-20-14(12(2)22-17)10-24-18-21-16-15(23-18)8-5-9-19-16/h3-9H,10H2,1-2H3. The van der Waals surface area contributed by atoms with Crippen molar-refractivity contribution in [3.8, 4) is 11.5 Å². The van der Waals surface area contributed by atoms with Crippen LogP contribution in [0.25, 0.3) is 22.7 Å². The molecule has 0 fully saturated rings. The maximum absolute atomic E-state index is 5.84. The minimum Gasteiger partial charge on any atom is -0.441 e. The molecular weight excluding hydrogens is 322 g/mol. The molecule has 6 heteroatoms. The van der Waals surface area contributed by atoms with Gasteiger partial charge in [-0.2, -0.15) is 4.98 Å². The molecule has 0 aliphatic rings. The topological polar surface area (TPSA) is 65.0 Å². The van der Waals surface area contributed by atoms with Gasteiger partial charge in [-0.25, -0.2) is 9.97 Å². The van der Waals surface area contributed by atoms with Crippen molar-refractivity contribution in [1.82, 2.24) is 15.0 Å². The van der Waals surface area contributed by atoms with Crippen LogP contribution in [0.1, 0.15) is 17.0 Å². The van der Waals surface area contributed by atoms with Crippen LogP contribution in [0.3, 0.4) is 0 Å². The van der Waals surface area contributed by atoms with Crippen molar-refractivity contribution in [2.75, 3.05) is 0 Å². The minimum atomic E-state index is 0.587. The number of rotatable bonds is 4. The number of nitrogens with zero attached hydrogens (tertiary/aromatic N) is 3. The lowest BCUT2D eigenvalue weighted by Gasteiger charge is -1.99. The van der Waals surface area contributed by atoms with Crippen LogP contribution in [0.4, 0.5) is 0 Å². The van der Waals surface area contributed by atoms with Gasteiger partial charge in [0.05, 0.1) is 5.69 Å². The highest BCUT2D eigenvalue weighted by molar-refractivity contribution is 7.98. The Labute approximate surface area is 143 Å². The van der Waals surface area contributed by atoms with E-state index in [0.29, 0.717) is 28.1 Å². The van der Waals surface area contributed by atoms with Gasteiger partial charge in [0.2, 0.25) is 5.89 Å². The molecule has 0 aliphatic carbocycles. The van der Waals surface area contributed by atoms with E-state index in [1.165, 1.54) is 11.8 Å². The summed E-state index contributed by atoms with van der Waals surface area (Å²) in [4.78, 5) is 13.2. The summed E-state index contributed by atoms with van der Waals surface area (Å²) in [5, 5.41) is 0.587. The number of pyridine rings is 1. The second kappa shape index (κ2) is 6.13. The number of hydrogen-bond donors (Lipinski definition) is 0. The first-order valence-electron chi connectivity index (χ1n) is 7.57. The van der Waals surface area contributed by atoms with Crippen LogP contribution < -0.4 is 0 Å². The van der Waals surface area contributed by atoms with Gasteiger partial charge in [-0.1, -0.05) is 30.0 Å². The lowest BCUT2D eigenvalue weighted by atomic mass is 10.1. The molecule has 5 nitrogen and oxygen atoms in total. The second-order valence-corrected chi connectivity index (χ2v) is 6.36. The third kappa shape index (κ3) is 2.80. The molecule has 3 heterocycles. The summed E-state index contributed by atoms with van der Waals surface area (Å²) >= 11 is 1.49. The first-order valence-corrected chi connectivity index (χ1v) is 8.56. The zero-order valence-corrected chi connectivity index (χ0v) is 14.1. The molecule has 0 N–H and O–H groups in total. The number of thioether (sulfide) groups is 1. The maximum Gasteiger partial charge on any atom is 0.258 e. The molecule has 0 aliphatic heterocycles. The number of hydrogen-bond acceptors (Lipinski definition) is 6. The molecule has 120 valence electrons. The fourth-order valence-electron chi connectivity index (χ4n) is 2.43. The molecule has 3 aromatic heterocycles. The van der Waals surface area contributed by atoms with Gasteiger partial charge >= 0.3 is 0 Å². The quantitative estimate of drug-likeness (QED) is 0.499. The van der Waals surface area contributed by atoms with E-state index in [0.717, 1.165) is 22.6 Å². The van der Waals surface area contributed by atoms with Crippen molar-refractivity contribution in [3.63, 3.8) is 0 Å².